The van der Waals surface area contributed by atoms with Crippen molar-refractivity contribution in [1.29, 1.82) is 0 Å². The number of aliphatic hydroxyl groups excluding tert-OH is 1. The Bertz CT molecular complexity index is 50.7. The Morgan fingerprint density at radius 2 is 1.70 bits per heavy atom. The maximum atomic E-state index is 8.14. The van der Waals surface area contributed by atoms with Gasteiger partial charge in [0.2, 0.25) is 0 Å². The zero-order valence-corrected chi connectivity index (χ0v) is 6.97. The van der Waals surface area contributed by atoms with E-state index in [1.165, 1.54) is 12.8 Å². The standard InChI is InChI=1S/C4H8O.C4H10O/c1-2-4-5-3-1;1-4(2)3-5/h1-4H2;4-5H,3H2,1-2H3. The smallest absolute Gasteiger partial charge is 0.0466 e. The van der Waals surface area contributed by atoms with Crippen molar-refractivity contribution in [3.05, 3.63) is 0 Å². The van der Waals surface area contributed by atoms with Gasteiger partial charge >= 0.3 is 0 Å². The van der Waals surface area contributed by atoms with Gasteiger partial charge in [0.15, 0.2) is 0 Å². The van der Waals surface area contributed by atoms with Gasteiger partial charge < -0.3 is 9.84 Å². The van der Waals surface area contributed by atoms with Gasteiger partial charge in [-0.2, -0.15) is 0 Å². The minimum atomic E-state index is 0.306. The van der Waals surface area contributed by atoms with Gasteiger partial charge in [-0.1, -0.05) is 13.8 Å². The van der Waals surface area contributed by atoms with Crippen molar-refractivity contribution in [3.63, 3.8) is 0 Å². The van der Waals surface area contributed by atoms with Crippen molar-refractivity contribution in [1.82, 2.24) is 0 Å². The van der Waals surface area contributed by atoms with E-state index in [9.17, 15) is 0 Å². The van der Waals surface area contributed by atoms with Gasteiger partial charge in [0.05, 0.1) is 0 Å². The maximum absolute atomic E-state index is 8.14. The first-order chi connectivity index (χ1) is 4.77. The van der Waals surface area contributed by atoms with E-state index in [-0.39, 0.29) is 0 Å². The second-order valence-corrected chi connectivity index (χ2v) is 2.90. The molecule has 1 heterocycles. The van der Waals surface area contributed by atoms with Crippen LogP contribution in [0.1, 0.15) is 26.7 Å². The molecular weight excluding hydrogens is 128 g/mol. The van der Waals surface area contributed by atoms with Crippen molar-refractivity contribution in [3.8, 4) is 0 Å². The highest BCUT2D eigenvalue weighted by Gasteiger charge is 1.94. The molecule has 0 atom stereocenters. The highest BCUT2D eigenvalue weighted by atomic mass is 16.5. The summed E-state index contributed by atoms with van der Waals surface area (Å²) in [6.07, 6.45) is 2.56. The molecule has 0 radical (unpaired) electrons. The van der Waals surface area contributed by atoms with Crippen molar-refractivity contribution in [2.75, 3.05) is 19.8 Å². The van der Waals surface area contributed by atoms with Crippen molar-refractivity contribution in [2.45, 2.75) is 26.7 Å². The van der Waals surface area contributed by atoms with E-state index in [1.54, 1.807) is 0 Å². The molecule has 62 valence electrons. The maximum Gasteiger partial charge on any atom is 0.0466 e. The van der Waals surface area contributed by atoms with E-state index in [0.29, 0.717) is 12.5 Å². The van der Waals surface area contributed by atoms with Crippen molar-refractivity contribution < 1.29 is 9.84 Å². The summed E-state index contributed by atoms with van der Waals surface area (Å²) in [5.74, 6) is 0.440. The fourth-order valence-electron chi connectivity index (χ4n) is 0.510. The molecule has 1 fully saturated rings. The Morgan fingerprint density at radius 1 is 1.30 bits per heavy atom. The molecule has 1 saturated heterocycles. The van der Waals surface area contributed by atoms with Crippen LogP contribution < -0.4 is 0 Å². The van der Waals surface area contributed by atoms with Crippen molar-refractivity contribution in [2.24, 2.45) is 5.92 Å². The van der Waals surface area contributed by atoms with E-state index in [1.807, 2.05) is 13.8 Å². The van der Waals surface area contributed by atoms with E-state index in [2.05, 4.69) is 0 Å². The van der Waals surface area contributed by atoms with Crippen LogP contribution in [0.15, 0.2) is 0 Å². The van der Waals surface area contributed by atoms with Gasteiger partial charge in [-0.3, -0.25) is 0 Å². The fraction of sp³-hybridized carbons (Fsp3) is 1.00. The third-order valence-corrected chi connectivity index (χ3v) is 1.19. The molecule has 0 spiro atoms. The largest absolute Gasteiger partial charge is 0.396 e. The van der Waals surface area contributed by atoms with E-state index < -0.39 is 0 Å². The molecule has 0 bridgehead atoms. The fourth-order valence-corrected chi connectivity index (χ4v) is 0.510. The van der Waals surface area contributed by atoms with E-state index >= 15 is 0 Å². The van der Waals surface area contributed by atoms with Gasteiger partial charge in [-0.15, -0.1) is 0 Å². The molecular formula is C8H18O2. The summed E-state index contributed by atoms with van der Waals surface area (Å²) >= 11 is 0. The normalized spacial score (nSPS) is 16.8. The lowest BCUT2D eigenvalue weighted by Crippen LogP contribution is -1.90. The first-order valence-electron chi connectivity index (χ1n) is 3.96. The van der Waals surface area contributed by atoms with E-state index in [4.69, 9.17) is 9.84 Å². The molecule has 0 aromatic rings. The molecule has 1 aliphatic heterocycles. The summed E-state index contributed by atoms with van der Waals surface area (Å²) in [7, 11) is 0. The second-order valence-electron chi connectivity index (χ2n) is 2.90. The number of ether oxygens (including phenoxy) is 1. The summed E-state index contributed by atoms with van der Waals surface area (Å²) in [4.78, 5) is 0. The third kappa shape index (κ3) is 7.92. The predicted octanol–water partition coefficient (Wildman–Crippen LogP) is 1.43. The van der Waals surface area contributed by atoms with Crippen LogP contribution in [-0.4, -0.2) is 24.9 Å². The Hall–Kier alpha value is -0.0800. The summed E-state index contributed by atoms with van der Waals surface area (Å²) in [5.41, 5.74) is 0. The van der Waals surface area contributed by atoms with Crippen LogP contribution in [0.2, 0.25) is 0 Å². The van der Waals surface area contributed by atoms with Gasteiger partial charge in [0.25, 0.3) is 0 Å². The molecule has 1 aliphatic rings. The summed E-state index contributed by atoms with van der Waals surface area (Å²) < 4.78 is 4.94. The number of hydrogen-bond acceptors (Lipinski definition) is 2. The summed E-state index contributed by atoms with van der Waals surface area (Å²) in [5, 5.41) is 8.14. The van der Waals surface area contributed by atoms with Crippen LogP contribution in [0.3, 0.4) is 0 Å². The SMILES string of the molecule is C1CCOC1.CC(C)CO. The van der Waals surface area contributed by atoms with Crippen molar-refractivity contribution >= 4 is 0 Å². The topological polar surface area (TPSA) is 29.5 Å². The average molecular weight is 146 g/mol. The lowest BCUT2D eigenvalue weighted by atomic mass is 10.2. The summed E-state index contributed by atoms with van der Waals surface area (Å²) in [6, 6.07) is 0. The first kappa shape index (κ1) is 9.92. The number of aliphatic hydroxyl groups is 1. The molecule has 1 N–H and O–H groups in total. The van der Waals surface area contributed by atoms with Crippen LogP contribution in [0.5, 0.6) is 0 Å². The molecule has 0 saturated carbocycles. The van der Waals surface area contributed by atoms with Gasteiger partial charge in [-0.25, -0.2) is 0 Å². The highest BCUT2D eigenvalue weighted by molar-refractivity contribution is 4.43. The monoisotopic (exact) mass is 146 g/mol. The van der Waals surface area contributed by atoms with Crippen LogP contribution in [-0.2, 0) is 4.74 Å². The first-order valence-corrected chi connectivity index (χ1v) is 3.96. The Labute approximate surface area is 63.2 Å². The minimum Gasteiger partial charge on any atom is -0.396 e. The molecule has 1 rings (SSSR count). The van der Waals surface area contributed by atoms with Gasteiger partial charge in [0, 0.05) is 19.8 Å². The van der Waals surface area contributed by atoms with Crippen LogP contribution in [0.25, 0.3) is 0 Å². The summed E-state index contributed by atoms with van der Waals surface area (Å²) in [6.45, 7) is 6.25. The Balaban J connectivity index is 0.000000162. The number of hydrogen-bond donors (Lipinski definition) is 1. The predicted molar refractivity (Wildman–Crippen MR) is 42.0 cm³/mol. The quantitative estimate of drug-likeness (QED) is 0.606. The van der Waals surface area contributed by atoms with Crippen LogP contribution in [0.4, 0.5) is 0 Å². The molecule has 0 aromatic heterocycles. The number of rotatable bonds is 1. The lowest BCUT2D eigenvalue weighted by Gasteiger charge is -1.90. The van der Waals surface area contributed by atoms with Crippen LogP contribution >= 0.6 is 0 Å². The lowest BCUT2D eigenvalue weighted by molar-refractivity contribution is 0.198. The minimum absolute atomic E-state index is 0.306. The average Bonchev–Trinajstić information content (AvgIpc) is 2.43. The Kier molecular flexibility index (Phi) is 6.98. The molecule has 2 heteroatoms. The molecule has 2 nitrogen and oxygen atoms in total. The molecule has 0 amide bonds. The zero-order valence-electron chi connectivity index (χ0n) is 6.97. The molecule has 0 aliphatic carbocycles. The van der Waals surface area contributed by atoms with Crippen LogP contribution in [0, 0.1) is 5.92 Å². The van der Waals surface area contributed by atoms with Gasteiger partial charge in [-0.05, 0) is 18.8 Å². The molecule has 10 heavy (non-hydrogen) atoms. The molecule has 0 aromatic carbocycles. The second kappa shape index (κ2) is 7.03. The van der Waals surface area contributed by atoms with Gasteiger partial charge in [0.1, 0.15) is 0 Å². The van der Waals surface area contributed by atoms with E-state index in [0.717, 1.165) is 13.2 Å². The third-order valence-electron chi connectivity index (χ3n) is 1.19. The highest BCUT2D eigenvalue weighted by Crippen LogP contribution is 1.98. The Morgan fingerprint density at radius 3 is 1.80 bits per heavy atom. The molecule has 0 unspecified atom stereocenters. The zero-order chi connectivity index (χ0) is 7.82.